The first-order valence-electron chi connectivity index (χ1n) is 10.6. The van der Waals surface area contributed by atoms with E-state index >= 15 is 0 Å². The lowest BCUT2D eigenvalue weighted by Crippen LogP contribution is -2.55. The van der Waals surface area contributed by atoms with E-state index in [1.165, 1.54) is 7.05 Å². The standard InChI is InChI=1S/C23H32N4O5/c1-7-15(16-11-10-13(2)32-16)24-17-18(22(31)27(6)21(17)30)25-23(3)12-8-9-14(19(23)28)20(29)26(4)5/h8-12,15,19-20,24-25,28-29H,7H2,1-6H3/t15-,19?,20?,23?/m1/s1. The average Bonchev–Trinajstić information content (AvgIpc) is 3.26. The van der Waals surface area contributed by atoms with Crippen LogP contribution in [-0.2, 0) is 9.59 Å². The van der Waals surface area contributed by atoms with Gasteiger partial charge < -0.3 is 25.3 Å². The van der Waals surface area contributed by atoms with E-state index in [9.17, 15) is 19.8 Å². The molecule has 2 amide bonds. The van der Waals surface area contributed by atoms with E-state index in [-0.39, 0.29) is 17.4 Å². The lowest BCUT2D eigenvalue weighted by atomic mass is 9.83. The highest BCUT2D eigenvalue weighted by atomic mass is 16.3. The van der Waals surface area contributed by atoms with Crippen LogP contribution in [-0.4, -0.2) is 70.8 Å². The van der Waals surface area contributed by atoms with E-state index in [1.807, 2.05) is 26.0 Å². The number of nitrogens with one attached hydrogen (secondary N) is 2. The van der Waals surface area contributed by atoms with Crippen LogP contribution in [0.15, 0.2) is 51.7 Å². The van der Waals surface area contributed by atoms with Crippen molar-refractivity contribution >= 4 is 11.8 Å². The van der Waals surface area contributed by atoms with Crippen LogP contribution in [0, 0.1) is 6.92 Å². The van der Waals surface area contributed by atoms with Crippen molar-refractivity contribution in [2.24, 2.45) is 0 Å². The van der Waals surface area contributed by atoms with Gasteiger partial charge in [-0.25, -0.2) is 0 Å². The molecule has 1 aliphatic carbocycles. The molecular weight excluding hydrogens is 412 g/mol. The van der Waals surface area contributed by atoms with Crippen molar-refractivity contribution in [1.29, 1.82) is 0 Å². The number of hydrogen-bond acceptors (Lipinski definition) is 8. The summed E-state index contributed by atoms with van der Waals surface area (Å²) in [5.74, 6) is 0.435. The maximum absolute atomic E-state index is 12.9. The topological polar surface area (TPSA) is 118 Å². The molecule has 4 N–H and O–H groups in total. The molecule has 0 saturated carbocycles. The number of imide groups is 1. The zero-order chi connectivity index (χ0) is 23.8. The first-order valence-corrected chi connectivity index (χ1v) is 10.6. The Labute approximate surface area is 188 Å². The maximum Gasteiger partial charge on any atom is 0.278 e. The van der Waals surface area contributed by atoms with Gasteiger partial charge in [-0.15, -0.1) is 0 Å². The smallest absolute Gasteiger partial charge is 0.278 e. The van der Waals surface area contributed by atoms with Crippen LogP contribution in [0.3, 0.4) is 0 Å². The van der Waals surface area contributed by atoms with Crippen LogP contribution >= 0.6 is 0 Å². The molecule has 0 spiro atoms. The number of rotatable bonds is 8. The molecule has 9 nitrogen and oxygen atoms in total. The number of furan rings is 1. The third kappa shape index (κ3) is 4.23. The summed E-state index contributed by atoms with van der Waals surface area (Å²) >= 11 is 0. The second kappa shape index (κ2) is 8.93. The third-order valence-electron chi connectivity index (χ3n) is 5.91. The average molecular weight is 445 g/mol. The number of allylic oxidation sites excluding steroid dienone is 2. The molecule has 3 rings (SSSR count). The Morgan fingerprint density at radius 2 is 1.91 bits per heavy atom. The summed E-state index contributed by atoms with van der Waals surface area (Å²) in [5, 5.41) is 27.7. The summed E-state index contributed by atoms with van der Waals surface area (Å²) in [6, 6.07) is 3.36. The van der Waals surface area contributed by atoms with Gasteiger partial charge in [-0.2, -0.15) is 0 Å². The summed E-state index contributed by atoms with van der Waals surface area (Å²) < 4.78 is 5.71. The molecule has 1 aromatic heterocycles. The van der Waals surface area contributed by atoms with Crippen LogP contribution in [0.4, 0.5) is 0 Å². The van der Waals surface area contributed by atoms with E-state index in [2.05, 4.69) is 10.6 Å². The second-order valence-electron chi connectivity index (χ2n) is 8.65. The van der Waals surface area contributed by atoms with Gasteiger partial charge >= 0.3 is 0 Å². The maximum atomic E-state index is 12.9. The van der Waals surface area contributed by atoms with Gasteiger partial charge in [0.25, 0.3) is 11.8 Å². The van der Waals surface area contributed by atoms with Gasteiger partial charge in [0.2, 0.25) is 0 Å². The van der Waals surface area contributed by atoms with Crippen molar-refractivity contribution < 1.29 is 24.2 Å². The molecule has 0 saturated heterocycles. The van der Waals surface area contributed by atoms with E-state index in [4.69, 9.17) is 4.42 Å². The molecule has 2 aliphatic rings. The highest BCUT2D eigenvalue weighted by Gasteiger charge is 2.44. The Balaban J connectivity index is 1.94. The molecule has 1 aliphatic heterocycles. The summed E-state index contributed by atoms with van der Waals surface area (Å²) in [5.41, 5.74) is -0.575. The van der Waals surface area contributed by atoms with E-state index in [1.54, 1.807) is 44.1 Å². The van der Waals surface area contributed by atoms with Gasteiger partial charge in [0.15, 0.2) is 0 Å². The van der Waals surface area contributed by atoms with Gasteiger partial charge in [-0.3, -0.25) is 19.4 Å². The zero-order valence-electron chi connectivity index (χ0n) is 19.3. The predicted molar refractivity (Wildman–Crippen MR) is 119 cm³/mol. The SMILES string of the molecule is CC[C@@H](NC1=C(NC2(C)C=CC=C(C(O)N(C)C)C2O)C(=O)N(C)C1=O)c1ccc(C)o1. The quantitative estimate of drug-likeness (QED) is 0.345. The number of carbonyl (C=O) groups excluding carboxylic acids is 2. The fourth-order valence-corrected chi connectivity index (χ4v) is 3.87. The number of aryl methyl sites for hydroxylation is 1. The Morgan fingerprint density at radius 1 is 1.25 bits per heavy atom. The molecule has 2 heterocycles. The molecule has 32 heavy (non-hydrogen) atoms. The third-order valence-corrected chi connectivity index (χ3v) is 5.91. The number of likely N-dealkylation sites (N-methyl/N-ethyl adjacent to an activating group) is 2. The van der Waals surface area contributed by atoms with Crippen LogP contribution in [0.2, 0.25) is 0 Å². The lowest BCUT2D eigenvalue weighted by Gasteiger charge is -2.39. The first kappa shape index (κ1) is 23.8. The molecule has 0 bridgehead atoms. The fraction of sp³-hybridized carbons (Fsp3) is 0.478. The molecule has 9 heteroatoms. The number of hydrogen-bond donors (Lipinski definition) is 4. The van der Waals surface area contributed by atoms with Gasteiger partial charge in [-0.1, -0.05) is 25.2 Å². The van der Waals surface area contributed by atoms with Crippen LogP contribution in [0.5, 0.6) is 0 Å². The van der Waals surface area contributed by atoms with Crippen molar-refractivity contribution in [3.63, 3.8) is 0 Å². The minimum atomic E-state index is -1.14. The summed E-state index contributed by atoms with van der Waals surface area (Å²) in [6.07, 6.45) is 3.54. The minimum Gasteiger partial charge on any atom is -0.464 e. The zero-order valence-corrected chi connectivity index (χ0v) is 19.3. The highest BCUT2D eigenvalue weighted by molar-refractivity contribution is 6.18. The van der Waals surface area contributed by atoms with E-state index in [0.717, 1.165) is 10.7 Å². The Bertz CT molecular complexity index is 992. The molecule has 0 aromatic carbocycles. The monoisotopic (exact) mass is 444 g/mol. The molecular formula is C23H32N4O5. The largest absolute Gasteiger partial charge is 0.464 e. The Kier molecular flexibility index (Phi) is 6.64. The Morgan fingerprint density at radius 3 is 2.47 bits per heavy atom. The molecule has 3 unspecified atom stereocenters. The molecule has 1 aromatic rings. The van der Waals surface area contributed by atoms with Crippen molar-refractivity contribution in [1.82, 2.24) is 20.4 Å². The second-order valence-corrected chi connectivity index (χ2v) is 8.65. The molecule has 4 atom stereocenters. The molecule has 0 fully saturated rings. The van der Waals surface area contributed by atoms with Crippen molar-refractivity contribution in [3.8, 4) is 0 Å². The van der Waals surface area contributed by atoms with E-state index in [0.29, 0.717) is 17.8 Å². The number of aliphatic hydroxyl groups excluding tert-OH is 2. The fourth-order valence-electron chi connectivity index (χ4n) is 3.87. The number of amides is 2. The van der Waals surface area contributed by atoms with Crippen LogP contribution < -0.4 is 10.6 Å². The van der Waals surface area contributed by atoms with Crippen molar-refractivity contribution in [2.75, 3.05) is 21.1 Å². The number of carbonyl (C=O) groups is 2. The van der Waals surface area contributed by atoms with Crippen LogP contribution in [0.25, 0.3) is 0 Å². The normalized spacial score (nSPS) is 25.5. The summed E-state index contributed by atoms with van der Waals surface area (Å²) in [6.45, 7) is 5.49. The predicted octanol–water partition coefficient (Wildman–Crippen LogP) is 0.924. The summed E-state index contributed by atoms with van der Waals surface area (Å²) in [4.78, 5) is 28.4. The van der Waals surface area contributed by atoms with Gasteiger partial charge in [0.05, 0.1) is 11.6 Å². The van der Waals surface area contributed by atoms with Crippen LogP contribution in [0.1, 0.15) is 37.8 Å². The van der Waals surface area contributed by atoms with Crippen molar-refractivity contribution in [2.45, 2.75) is 51.1 Å². The highest BCUT2D eigenvalue weighted by Crippen LogP contribution is 2.30. The van der Waals surface area contributed by atoms with Gasteiger partial charge in [0, 0.05) is 12.6 Å². The lowest BCUT2D eigenvalue weighted by molar-refractivity contribution is -0.136. The van der Waals surface area contributed by atoms with Gasteiger partial charge in [-0.05, 0) is 46.5 Å². The number of nitrogens with zero attached hydrogens (tertiary/aromatic N) is 2. The summed E-state index contributed by atoms with van der Waals surface area (Å²) in [7, 11) is 4.80. The van der Waals surface area contributed by atoms with Crippen molar-refractivity contribution in [3.05, 3.63) is 58.8 Å². The molecule has 174 valence electrons. The van der Waals surface area contributed by atoms with Gasteiger partial charge in [0.1, 0.15) is 35.2 Å². The molecule has 0 radical (unpaired) electrons. The number of aliphatic hydroxyl groups is 2. The Hall–Kier alpha value is -2.88. The minimum absolute atomic E-state index is 0.0611. The van der Waals surface area contributed by atoms with E-state index < -0.39 is 29.7 Å². The first-order chi connectivity index (χ1) is 15.0.